The van der Waals surface area contributed by atoms with Gasteiger partial charge in [-0.1, -0.05) is 23.3 Å². The second-order valence-corrected chi connectivity index (χ2v) is 6.30. The third-order valence-electron chi connectivity index (χ3n) is 4.69. The minimum Gasteiger partial charge on any atom is -0.497 e. The standard InChI is InChI=1S/C22H23N3O3/c1-26-17-9-8-16-11-15(7-5-4-6-10-24-25-23)19-13-21(27-2)22(28-3)14-20(19)18(16)12-17/h5,7-9,11-14H,4,6,10H2,1-3H3/b7-5+. The molecule has 0 heterocycles. The molecule has 0 N–H and O–H groups in total. The molecule has 0 amide bonds. The summed E-state index contributed by atoms with van der Waals surface area (Å²) in [6.07, 6.45) is 5.87. The zero-order chi connectivity index (χ0) is 19.9. The van der Waals surface area contributed by atoms with Crippen LogP contribution in [0.1, 0.15) is 18.4 Å². The lowest BCUT2D eigenvalue weighted by atomic mass is 9.96. The molecule has 28 heavy (non-hydrogen) atoms. The summed E-state index contributed by atoms with van der Waals surface area (Å²) in [4.78, 5) is 2.78. The number of hydrogen-bond donors (Lipinski definition) is 0. The number of ether oxygens (including phenoxy) is 3. The van der Waals surface area contributed by atoms with Crippen LogP contribution >= 0.6 is 0 Å². The second kappa shape index (κ2) is 9.02. The Morgan fingerprint density at radius 3 is 2.36 bits per heavy atom. The second-order valence-electron chi connectivity index (χ2n) is 6.30. The van der Waals surface area contributed by atoms with Crippen molar-refractivity contribution in [1.82, 2.24) is 0 Å². The lowest BCUT2D eigenvalue weighted by molar-refractivity contribution is 0.356. The van der Waals surface area contributed by atoms with Gasteiger partial charge in [-0.25, -0.2) is 0 Å². The average Bonchev–Trinajstić information content (AvgIpc) is 2.74. The minimum absolute atomic E-state index is 0.504. The quantitative estimate of drug-likeness (QED) is 0.156. The molecule has 3 rings (SSSR count). The Hall–Kier alpha value is -3.37. The highest BCUT2D eigenvalue weighted by molar-refractivity contribution is 6.12. The number of nitrogens with zero attached hydrogens (tertiary/aromatic N) is 3. The fourth-order valence-corrected chi connectivity index (χ4v) is 3.28. The van der Waals surface area contributed by atoms with E-state index in [1.54, 1.807) is 21.3 Å². The summed E-state index contributed by atoms with van der Waals surface area (Å²) in [5.74, 6) is 2.19. The molecule has 144 valence electrons. The van der Waals surface area contributed by atoms with E-state index in [4.69, 9.17) is 19.7 Å². The van der Waals surface area contributed by atoms with Gasteiger partial charge in [0.25, 0.3) is 0 Å². The Labute approximate surface area is 163 Å². The van der Waals surface area contributed by atoms with E-state index in [-0.39, 0.29) is 0 Å². The number of benzene rings is 3. The molecule has 0 atom stereocenters. The van der Waals surface area contributed by atoms with E-state index in [0.717, 1.165) is 45.7 Å². The summed E-state index contributed by atoms with van der Waals surface area (Å²) in [6.45, 7) is 0.504. The highest BCUT2D eigenvalue weighted by atomic mass is 16.5. The maximum atomic E-state index is 8.36. The van der Waals surface area contributed by atoms with Crippen LogP contribution in [0.15, 0.2) is 47.6 Å². The Balaban J connectivity index is 2.15. The lowest BCUT2D eigenvalue weighted by Gasteiger charge is -2.14. The molecule has 0 saturated carbocycles. The first-order valence-corrected chi connectivity index (χ1v) is 9.05. The summed E-state index contributed by atoms with van der Waals surface area (Å²) >= 11 is 0. The van der Waals surface area contributed by atoms with Crippen LogP contribution in [0.4, 0.5) is 0 Å². The zero-order valence-corrected chi connectivity index (χ0v) is 16.3. The summed E-state index contributed by atoms with van der Waals surface area (Å²) < 4.78 is 16.4. The number of allylic oxidation sites excluding steroid dienone is 1. The van der Waals surface area contributed by atoms with Gasteiger partial charge < -0.3 is 14.2 Å². The van der Waals surface area contributed by atoms with Gasteiger partial charge in [0.1, 0.15) is 5.75 Å². The van der Waals surface area contributed by atoms with Crippen molar-refractivity contribution in [3.63, 3.8) is 0 Å². The molecule has 0 radical (unpaired) electrons. The molecule has 0 unspecified atom stereocenters. The van der Waals surface area contributed by atoms with Gasteiger partial charge >= 0.3 is 0 Å². The van der Waals surface area contributed by atoms with Crippen molar-refractivity contribution in [1.29, 1.82) is 0 Å². The van der Waals surface area contributed by atoms with Gasteiger partial charge in [0.05, 0.1) is 21.3 Å². The maximum Gasteiger partial charge on any atom is 0.161 e. The van der Waals surface area contributed by atoms with Gasteiger partial charge in [-0.05, 0) is 75.8 Å². The summed E-state index contributed by atoms with van der Waals surface area (Å²) in [6, 6.07) is 12.2. The van der Waals surface area contributed by atoms with Crippen LogP contribution in [0.25, 0.3) is 38.1 Å². The molecule has 0 aliphatic rings. The number of fused-ring (bicyclic) bond motifs is 3. The highest BCUT2D eigenvalue weighted by Crippen LogP contribution is 2.39. The maximum absolute atomic E-state index is 8.36. The number of methoxy groups -OCH3 is 3. The van der Waals surface area contributed by atoms with Crippen LogP contribution in [-0.2, 0) is 0 Å². The summed E-state index contributed by atoms with van der Waals surface area (Å²) in [5, 5.41) is 7.93. The van der Waals surface area contributed by atoms with Crippen molar-refractivity contribution >= 4 is 27.6 Å². The third kappa shape index (κ3) is 3.97. The number of unbranched alkanes of at least 4 members (excludes halogenated alkanes) is 1. The molecule has 0 aliphatic heterocycles. The normalized spacial score (nSPS) is 11.0. The van der Waals surface area contributed by atoms with Crippen molar-refractivity contribution in [2.24, 2.45) is 5.11 Å². The molecule has 0 bridgehead atoms. The average molecular weight is 377 g/mol. The Morgan fingerprint density at radius 1 is 0.929 bits per heavy atom. The third-order valence-corrected chi connectivity index (χ3v) is 4.69. The molecular weight excluding hydrogens is 354 g/mol. The molecule has 6 heteroatoms. The lowest BCUT2D eigenvalue weighted by Crippen LogP contribution is -1.92. The van der Waals surface area contributed by atoms with Crippen molar-refractivity contribution in [3.8, 4) is 17.2 Å². The molecule has 3 aromatic carbocycles. The Morgan fingerprint density at radius 2 is 1.68 bits per heavy atom. The smallest absolute Gasteiger partial charge is 0.161 e. The van der Waals surface area contributed by atoms with Gasteiger partial charge in [-0.15, -0.1) is 0 Å². The van der Waals surface area contributed by atoms with Crippen LogP contribution in [-0.4, -0.2) is 27.9 Å². The molecular formula is C22H23N3O3. The monoisotopic (exact) mass is 377 g/mol. The van der Waals surface area contributed by atoms with Gasteiger partial charge in [0, 0.05) is 11.5 Å². The number of azide groups is 1. The van der Waals surface area contributed by atoms with Crippen molar-refractivity contribution in [2.45, 2.75) is 12.8 Å². The highest BCUT2D eigenvalue weighted by Gasteiger charge is 2.12. The molecule has 0 fully saturated rings. The van der Waals surface area contributed by atoms with E-state index >= 15 is 0 Å². The van der Waals surface area contributed by atoms with Gasteiger partial charge in [-0.2, -0.15) is 0 Å². The molecule has 6 nitrogen and oxygen atoms in total. The van der Waals surface area contributed by atoms with E-state index in [0.29, 0.717) is 18.0 Å². The van der Waals surface area contributed by atoms with E-state index < -0.39 is 0 Å². The number of rotatable bonds is 8. The minimum atomic E-state index is 0.504. The summed E-state index contributed by atoms with van der Waals surface area (Å²) in [7, 11) is 4.94. The van der Waals surface area contributed by atoms with Crippen LogP contribution in [0.3, 0.4) is 0 Å². The van der Waals surface area contributed by atoms with Crippen LogP contribution in [0, 0.1) is 0 Å². The molecule has 3 aromatic rings. The fourth-order valence-electron chi connectivity index (χ4n) is 3.28. The van der Waals surface area contributed by atoms with E-state index in [1.165, 1.54) is 0 Å². The van der Waals surface area contributed by atoms with E-state index in [1.807, 2.05) is 24.3 Å². The molecule has 0 aliphatic carbocycles. The molecule has 0 aromatic heterocycles. The van der Waals surface area contributed by atoms with Crippen molar-refractivity contribution in [2.75, 3.05) is 27.9 Å². The van der Waals surface area contributed by atoms with Crippen molar-refractivity contribution < 1.29 is 14.2 Å². The number of hydrogen-bond acceptors (Lipinski definition) is 4. The Kier molecular flexibility index (Phi) is 6.25. The first-order valence-electron chi connectivity index (χ1n) is 9.05. The van der Waals surface area contributed by atoms with Crippen molar-refractivity contribution in [3.05, 3.63) is 58.5 Å². The van der Waals surface area contributed by atoms with E-state index in [2.05, 4.69) is 34.3 Å². The van der Waals surface area contributed by atoms with Gasteiger partial charge in [-0.3, -0.25) is 0 Å². The SMILES string of the molecule is COc1ccc2cc(/C=C/CCCN=[N+]=[N-])c3cc(OC)c(OC)cc3c2c1. The van der Waals surface area contributed by atoms with E-state index in [9.17, 15) is 0 Å². The molecule has 0 saturated heterocycles. The van der Waals surface area contributed by atoms with Gasteiger partial charge in [0.2, 0.25) is 0 Å². The Bertz CT molecular complexity index is 1070. The fraction of sp³-hybridized carbons (Fsp3) is 0.273. The predicted octanol–water partition coefficient (Wildman–Crippen LogP) is 6.12. The topological polar surface area (TPSA) is 76.5 Å². The molecule has 0 spiro atoms. The summed E-state index contributed by atoms with van der Waals surface area (Å²) in [5.41, 5.74) is 9.45. The van der Waals surface area contributed by atoms with Crippen LogP contribution < -0.4 is 14.2 Å². The zero-order valence-electron chi connectivity index (χ0n) is 16.3. The van der Waals surface area contributed by atoms with Gasteiger partial charge in [0.15, 0.2) is 11.5 Å². The first-order chi connectivity index (χ1) is 13.7. The first kappa shape index (κ1) is 19.4. The largest absolute Gasteiger partial charge is 0.497 e. The van der Waals surface area contributed by atoms with Crippen LogP contribution in [0.5, 0.6) is 17.2 Å². The predicted molar refractivity (Wildman–Crippen MR) is 113 cm³/mol. The van der Waals surface area contributed by atoms with Crippen LogP contribution in [0.2, 0.25) is 0 Å².